The molecule has 1 aromatic carbocycles. The Kier molecular flexibility index (Phi) is 4.39. The number of benzene rings is 1. The maximum absolute atomic E-state index is 12.6. The van der Waals surface area contributed by atoms with Crippen molar-refractivity contribution in [2.45, 2.75) is 13.1 Å². The van der Waals surface area contributed by atoms with Gasteiger partial charge in [-0.25, -0.2) is 0 Å². The van der Waals surface area contributed by atoms with Crippen molar-refractivity contribution in [2.24, 2.45) is 0 Å². The van der Waals surface area contributed by atoms with Crippen LogP contribution in [0.5, 0.6) is 0 Å². The van der Waals surface area contributed by atoms with E-state index in [1.807, 2.05) is 12.1 Å². The lowest BCUT2D eigenvalue weighted by molar-refractivity contribution is 0.0941. The fourth-order valence-electron chi connectivity index (χ4n) is 2.51. The lowest BCUT2D eigenvalue weighted by Gasteiger charge is -2.12. The first-order valence-corrected chi connectivity index (χ1v) is 7.44. The van der Waals surface area contributed by atoms with Gasteiger partial charge in [0, 0.05) is 24.3 Å². The summed E-state index contributed by atoms with van der Waals surface area (Å²) in [6.07, 6.45) is 8.70. The highest BCUT2D eigenvalue weighted by molar-refractivity contribution is 5.96. The molecule has 0 radical (unpaired) electrons. The normalized spacial score (nSPS) is 10.3. The average molecular weight is 317 g/mol. The van der Waals surface area contributed by atoms with Crippen molar-refractivity contribution >= 4 is 16.7 Å². The van der Waals surface area contributed by atoms with E-state index >= 15 is 0 Å². The topological polar surface area (TPSA) is 64.0 Å². The smallest absolute Gasteiger partial charge is 0.268 e. The number of nitrogens with one attached hydrogen (secondary N) is 1. The molecule has 5 nitrogen and oxygen atoms in total. The van der Waals surface area contributed by atoms with Crippen molar-refractivity contribution in [3.05, 3.63) is 76.5 Å². The summed E-state index contributed by atoms with van der Waals surface area (Å²) in [6, 6.07) is 12.5. The Bertz CT molecular complexity index is 985. The summed E-state index contributed by atoms with van der Waals surface area (Å²) < 4.78 is 1.32. The molecule has 3 rings (SSSR count). The number of aromatic nitrogens is 2. The van der Waals surface area contributed by atoms with Crippen molar-refractivity contribution in [2.75, 3.05) is 0 Å². The SMILES string of the molecule is C#CCn1c(C(=O)NCc2cccnc2)cc2ccccc2c1=O. The van der Waals surface area contributed by atoms with Gasteiger partial charge in [0.05, 0.1) is 6.54 Å². The third-order valence-electron chi connectivity index (χ3n) is 3.68. The highest BCUT2D eigenvalue weighted by Crippen LogP contribution is 2.12. The summed E-state index contributed by atoms with van der Waals surface area (Å²) >= 11 is 0. The molecule has 2 heterocycles. The molecular weight excluding hydrogens is 302 g/mol. The van der Waals surface area contributed by atoms with E-state index < -0.39 is 0 Å². The van der Waals surface area contributed by atoms with Crippen LogP contribution in [0.4, 0.5) is 0 Å². The molecule has 0 atom stereocenters. The van der Waals surface area contributed by atoms with E-state index in [0.29, 0.717) is 17.3 Å². The van der Waals surface area contributed by atoms with Crippen LogP contribution in [0.3, 0.4) is 0 Å². The van der Waals surface area contributed by atoms with E-state index in [4.69, 9.17) is 6.42 Å². The van der Waals surface area contributed by atoms with Crippen LogP contribution in [0.25, 0.3) is 10.8 Å². The average Bonchev–Trinajstić information content (AvgIpc) is 2.63. The number of carbonyl (C=O) groups excluding carboxylic acids is 1. The van der Waals surface area contributed by atoms with Crippen molar-refractivity contribution in [3.63, 3.8) is 0 Å². The molecule has 0 bridgehead atoms. The molecule has 1 N–H and O–H groups in total. The van der Waals surface area contributed by atoms with Crippen molar-refractivity contribution < 1.29 is 4.79 Å². The Balaban J connectivity index is 1.98. The van der Waals surface area contributed by atoms with Gasteiger partial charge in [-0.15, -0.1) is 6.42 Å². The van der Waals surface area contributed by atoms with Gasteiger partial charge < -0.3 is 5.32 Å². The predicted octanol–water partition coefficient (Wildman–Crippen LogP) is 1.96. The fourth-order valence-corrected chi connectivity index (χ4v) is 2.51. The third-order valence-corrected chi connectivity index (χ3v) is 3.68. The van der Waals surface area contributed by atoms with E-state index in [9.17, 15) is 9.59 Å². The minimum absolute atomic E-state index is 0.0410. The van der Waals surface area contributed by atoms with Crippen LogP contribution >= 0.6 is 0 Å². The maximum atomic E-state index is 12.6. The molecule has 2 aromatic heterocycles. The largest absolute Gasteiger partial charge is 0.347 e. The Labute approximate surface area is 139 Å². The number of hydrogen-bond donors (Lipinski definition) is 1. The summed E-state index contributed by atoms with van der Waals surface area (Å²) in [4.78, 5) is 29.1. The molecule has 118 valence electrons. The van der Waals surface area contributed by atoms with Gasteiger partial charge in [-0.05, 0) is 29.1 Å². The minimum atomic E-state index is -0.350. The Hall–Kier alpha value is -3.39. The molecular formula is C19H15N3O2. The molecule has 0 aliphatic heterocycles. The van der Waals surface area contributed by atoms with Gasteiger partial charge in [0.1, 0.15) is 5.69 Å². The lowest BCUT2D eigenvalue weighted by atomic mass is 10.1. The summed E-state index contributed by atoms with van der Waals surface area (Å²) in [5.41, 5.74) is 0.857. The van der Waals surface area contributed by atoms with Gasteiger partial charge in [0.2, 0.25) is 0 Å². The number of amides is 1. The zero-order valence-electron chi connectivity index (χ0n) is 12.9. The molecule has 0 spiro atoms. The number of hydrogen-bond acceptors (Lipinski definition) is 3. The zero-order valence-corrected chi connectivity index (χ0v) is 12.9. The number of nitrogens with zero attached hydrogens (tertiary/aromatic N) is 2. The van der Waals surface area contributed by atoms with Crippen molar-refractivity contribution in [1.82, 2.24) is 14.9 Å². The molecule has 24 heavy (non-hydrogen) atoms. The Morgan fingerprint density at radius 2 is 2.08 bits per heavy atom. The van der Waals surface area contributed by atoms with Gasteiger partial charge in [0.25, 0.3) is 11.5 Å². The summed E-state index contributed by atoms with van der Waals surface area (Å²) in [5.74, 6) is 2.08. The summed E-state index contributed by atoms with van der Waals surface area (Å²) in [7, 11) is 0. The first-order chi connectivity index (χ1) is 11.7. The van der Waals surface area contributed by atoms with Crippen LogP contribution < -0.4 is 10.9 Å². The fraction of sp³-hybridized carbons (Fsp3) is 0.105. The van der Waals surface area contributed by atoms with E-state index in [1.54, 1.807) is 42.7 Å². The number of terminal acetylenes is 1. The first-order valence-electron chi connectivity index (χ1n) is 7.44. The van der Waals surface area contributed by atoms with Crippen molar-refractivity contribution in [3.8, 4) is 12.3 Å². The predicted molar refractivity (Wildman–Crippen MR) is 92.4 cm³/mol. The molecule has 0 aliphatic carbocycles. The third kappa shape index (κ3) is 3.03. The molecule has 0 aliphatic rings. The Morgan fingerprint density at radius 3 is 2.83 bits per heavy atom. The minimum Gasteiger partial charge on any atom is -0.347 e. The number of pyridine rings is 2. The lowest BCUT2D eigenvalue weighted by Crippen LogP contribution is -2.32. The summed E-state index contributed by atoms with van der Waals surface area (Å²) in [5, 5.41) is 4.05. The zero-order chi connectivity index (χ0) is 16.9. The molecule has 1 amide bonds. The van der Waals surface area contributed by atoms with Crippen LogP contribution in [0.2, 0.25) is 0 Å². The van der Waals surface area contributed by atoms with Gasteiger partial charge in [-0.1, -0.05) is 30.2 Å². The monoisotopic (exact) mass is 317 g/mol. The highest BCUT2D eigenvalue weighted by Gasteiger charge is 2.14. The van der Waals surface area contributed by atoms with E-state index in [-0.39, 0.29) is 23.7 Å². The van der Waals surface area contributed by atoms with Gasteiger partial charge in [0.15, 0.2) is 0 Å². The molecule has 0 fully saturated rings. The van der Waals surface area contributed by atoms with Crippen LogP contribution in [-0.2, 0) is 13.1 Å². The second-order valence-electron chi connectivity index (χ2n) is 5.26. The number of carbonyl (C=O) groups is 1. The summed E-state index contributed by atoms with van der Waals surface area (Å²) in [6.45, 7) is 0.364. The molecule has 0 saturated carbocycles. The maximum Gasteiger partial charge on any atom is 0.268 e. The van der Waals surface area contributed by atoms with E-state index in [2.05, 4.69) is 16.2 Å². The van der Waals surface area contributed by atoms with Crippen LogP contribution in [0.1, 0.15) is 16.1 Å². The Morgan fingerprint density at radius 1 is 1.25 bits per heavy atom. The van der Waals surface area contributed by atoms with Gasteiger partial charge >= 0.3 is 0 Å². The van der Waals surface area contributed by atoms with Gasteiger partial charge in [-0.2, -0.15) is 0 Å². The number of fused-ring (bicyclic) bond motifs is 1. The second kappa shape index (κ2) is 6.80. The highest BCUT2D eigenvalue weighted by atomic mass is 16.2. The molecule has 5 heteroatoms. The van der Waals surface area contributed by atoms with Crippen LogP contribution in [-0.4, -0.2) is 15.5 Å². The second-order valence-corrected chi connectivity index (χ2v) is 5.26. The molecule has 0 unspecified atom stereocenters. The van der Waals surface area contributed by atoms with Gasteiger partial charge in [-0.3, -0.25) is 19.1 Å². The number of rotatable bonds is 4. The first kappa shape index (κ1) is 15.5. The van der Waals surface area contributed by atoms with E-state index in [0.717, 1.165) is 5.56 Å². The molecule has 3 aromatic rings. The quantitative estimate of drug-likeness (QED) is 0.748. The van der Waals surface area contributed by atoms with Crippen molar-refractivity contribution in [1.29, 1.82) is 0 Å². The molecule has 0 saturated heterocycles. The van der Waals surface area contributed by atoms with Crippen LogP contribution in [0.15, 0.2) is 59.7 Å². The standard InChI is InChI=1S/C19H15N3O2/c1-2-10-22-17(11-15-7-3-4-8-16(15)19(22)24)18(23)21-13-14-6-5-9-20-12-14/h1,3-9,11-12H,10,13H2,(H,21,23). The van der Waals surface area contributed by atoms with Crippen LogP contribution in [0, 0.1) is 12.3 Å². The van der Waals surface area contributed by atoms with E-state index in [1.165, 1.54) is 4.57 Å².